The minimum Gasteiger partial charge on any atom is -0.192 e. The van der Waals surface area contributed by atoms with E-state index in [1.807, 2.05) is 12.1 Å². The van der Waals surface area contributed by atoms with Crippen LogP contribution in [0.2, 0.25) is 0 Å². The van der Waals surface area contributed by atoms with Crippen molar-refractivity contribution in [3.05, 3.63) is 69.8 Å². The molecule has 0 fully saturated rings. The molecule has 50 heavy (non-hydrogen) atoms. The van der Waals surface area contributed by atoms with E-state index in [9.17, 15) is 21.0 Å². The summed E-state index contributed by atoms with van der Waals surface area (Å²) in [6.45, 7) is 13.3. The molecular weight excluding hydrogens is 649 g/mol. The van der Waals surface area contributed by atoms with Crippen LogP contribution in [0.5, 0.6) is 0 Å². The van der Waals surface area contributed by atoms with Crippen LogP contribution < -0.4 is 0 Å². The molecule has 0 radical (unpaired) electrons. The van der Waals surface area contributed by atoms with Gasteiger partial charge in [0.1, 0.15) is 24.3 Å². The molecule has 4 aromatic carbocycles. The van der Waals surface area contributed by atoms with Gasteiger partial charge in [-0.2, -0.15) is 41.1 Å². The van der Waals surface area contributed by atoms with Gasteiger partial charge in [-0.25, -0.2) is 0 Å². The first-order chi connectivity index (χ1) is 24.2. The largest absolute Gasteiger partial charge is 0.192 e. The molecule has 0 heterocycles. The third-order valence-electron chi connectivity index (χ3n) is 9.18. The minimum absolute atomic E-state index is 0.308. The summed E-state index contributed by atoms with van der Waals surface area (Å²) in [5.41, 5.74) is 2.52. The summed E-state index contributed by atoms with van der Waals surface area (Å²) >= 11 is 0. The van der Waals surface area contributed by atoms with Gasteiger partial charge < -0.3 is 0 Å². The van der Waals surface area contributed by atoms with Gasteiger partial charge in [-0.15, -0.1) is 0 Å². The molecule has 0 atom stereocenters. The fourth-order valence-electron chi connectivity index (χ4n) is 7.28. The third kappa shape index (κ3) is 7.91. The van der Waals surface area contributed by atoms with Crippen LogP contribution in [0.4, 0.5) is 0 Å². The van der Waals surface area contributed by atoms with E-state index in [0.29, 0.717) is 33.4 Å². The highest BCUT2D eigenvalue weighted by atomic mass is 32.3. The quantitative estimate of drug-likeness (QED) is 0.109. The zero-order chi connectivity index (χ0) is 36.3. The van der Waals surface area contributed by atoms with E-state index >= 15 is 0 Å². The van der Waals surface area contributed by atoms with Crippen LogP contribution in [-0.4, -0.2) is 34.5 Å². The molecule has 0 saturated heterocycles. The van der Waals surface area contributed by atoms with E-state index in [0.717, 1.165) is 105 Å². The van der Waals surface area contributed by atoms with Crippen molar-refractivity contribution in [2.45, 2.75) is 80.1 Å². The van der Waals surface area contributed by atoms with Gasteiger partial charge in [0.25, 0.3) is 0 Å². The van der Waals surface area contributed by atoms with Gasteiger partial charge in [0, 0.05) is 10.8 Å². The number of fused-ring (bicyclic) bond motifs is 3. The van der Waals surface area contributed by atoms with Gasteiger partial charge in [-0.3, -0.25) is 0 Å². The summed E-state index contributed by atoms with van der Waals surface area (Å²) in [4.78, 5) is 0. The number of nitrogens with zero attached hydrogens (tertiary/aromatic N) is 4. The van der Waals surface area contributed by atoms with Crippen LogP contribution in [0, 0.1) is 67.7 Å². The topological polar surface area (TPSA) is 95.2 Å². The average Bonchev–Trinajstić information content (AvgIpc) is 3.11. The van der Waals surface area contributed by atoms with E-state index in [1.54, 1.807) is 12.1 Å². The number of rotatable bonds is 12. The monoisotopic (exact) mass is 696 g/mol. The Morgan fingerprint density at radius 1 is 0.400 bits per heavy atom. The van der Waals surface area contributed by atoms with Crippen molar-refractivity contribution in [2.75, 3.05) is 34.5 Å². The van der Waals surface area contributed by atoms with Crippen molar-refractivity contribution in [3.63, 3.8) is 0 Å². The van der Waals surface area contributed by atoms with E-state index in [1.165, 1.54) is 0 Å². The van der Waals surface area contributed by atoms with E-state index in [2.05, 4.69) is 100 Å². The summed E-state index contributed by atoms with van der Waals surface area (Å²) in [5.74, 6) is 13.5. The SMILES string of the molecule is CCCS(C#Cc1c(C#N)c(C#N)c(C#CS(CCC)(CCC)CCC)c2cc3cc4cc(C#N)c(C#N)cc4cc3cc12)(CCC)CCC. The van der Waals surface area contributed by atoms with Crippen molar-refractivity contribution in [1.82, 2.24) is 0 Å². The molecule has 4 nitrogen and oxygen atoms in total. The highest BCUT2D eigenvalue weighted by molar-refractivity contribution is 8.37. The van der Waals surface area contributed by atoms with Crippen LogP contribution in [0.1, 0.15) is 113 Å². The maximum absolute atomic E-state index is 10.7. The lowest BCUT2D eigenvalue weighted by Crippen LogP contribution is -2.11. The fourth-order valence-corrected chi connectivity index (χ4v) is 14.4. The number of hydrogen-bond acceptors (Lipinski definition) is 4. The highest BCUT2D eigenvalue weighted by Crippen LogP contribution is 2.50. The standard InChI is InChI=1S/C44H48N4S2/c1-7-15-49(16-8-2,17-9-3)21-13-39-41-27-35-23-33-25-37(29-45)38(30-46)26-34(33)24-36(35)28-42(41)40(44(32-48)43(39)31-47)14-22-50(18-10-4,19-11-5)20-12-6/h23-28H,7-12,15-20H2,1-6H3. The summed E-state index contributed by atoms with van der Waals surface area (Å²) < 4.78 is 0. The Balaban J connectivity index is 2.22. The molecule has 0 unspecified atom stereocenters. The molecule has 256 valence electrons. The van der Waals surface area contributed by atoms with E-state index in [-0.39, 0.29) is 0 Å². The Labute approximate surface area is 303 Å². The molecule has 4 aromatic rings. The maximum Gasteiger partial charge on any atom is 0.102 e. The lowest BCUT2D eigenvalue weighted by molar-refractivity contribution is 1.02. The lowest BCUT2D eigenvalue weighted by atomic mass is 9.88. The first kappa shape index (κ1) is 38.2. The van der Waals surface area contributed by atoms with Crippen LogP contribution >= 0.6 is 20.1 Å². The zero-order valence-corrected chi connectivity index (χ0v) is 32.2. The van der Waals surface area contributed by atoms with Gasteiger partial charge in [0.2, 0.25) is 0 Å². The van der Waals surface area contributed by atoms with E-state index < -0.39 is 20.1 Å². The van der Waals surface area contributed by atoms with Crippen LogP contribution in [0.3, 0.4) is 0 Å². The van der Waals surface area contributed by atoms with Crippen molar-refractivity contribution in [3.8, 4) is 46.6 Å². The molecule has 4 rings (SSSR count). The van der Waals surface area contributed by atoms with Crippen LogP contribution in [0.15, 0.2) is 36.4 Å². The molecule has 0 aliphatic rings. The van der Waals surface area contributed by atoms with Gasteiger partial charge in [-0.1, -0.05) is 53.4 Å². The molecule has 6 heteroatoms. The molecule has 0 N–H and O–H groups in total. The van der Waals surface area contributed by atoms with Crippen molar-refractivity contribution in [2.24, 2.45) is 0 Å². The number of hydrogen-bond donors (Lipinski definition) is 0. The highest BCUT2D eigenvalue weighted by Gasteiger charge is 2.23. The molecule has 0 spiro atoms. The number of nitriles is 4. The molecule has 0 bridgehead atoms. The molecule has 0 saturated carbocycles. The summed E-state index contributed by atoms with van der Waals surface area (Å²) in [7, 11) is -2.47. The van der Waals surface area contributed by atoms with Crippen molar-refractivity contribution in [1.29, 1.82) is 21.0 Å². The average molecular weight is 697 g/mol. The van der Waals surface area contributed by atoms with Gasteiger partial charge in [0.15, 0.2) is 0 Å². The normalized spacial score (nSPS) is 11.8. The Bertz CT molecular complexity index is 2020. The Hall–Kier alpha value is -4.56. The van der Waals surface area contributed by atoms with Crippen molar-refractivity contribution < 1.29 is 0 Å². The fraction of sp³-hybridized carbons (Fsp3) is 0.409. The first-order valence-electron chi connectivity index (χ1n) is 18.0. The summed E-state index contributed by atoms with van der Waals surface area (Å²) in [5, 5.41) is 53.7. The predicted octanol–water partition coefficient (Wildman–Crippen LogP) is 11.3. The molecule has 0 aliphatic heterocycles. The number of benzene rings is 4. The lowest BCUT2D eigenvalue weighted by Gasteiger charge is -2.34. The van der Waals surface area contributed by atoms with Crippen molar-refractivity contribution >= 4 is 52.4 Å². The smallest absolute Gasteiger partial charge is 0.102 e. The third-order valence-corrected chi connectivity index (χ3v) is 17.4. The predicted molar refractivity (Wildman–Crippen MR) is 218 cm³/mol. The Morgan fingerprint density at radius 3 is 0.960 bits per heavy atom. The summed E-state index contributed by atoms with van der Waals surface area (Å²) in [6.07, 6.45) is 6.34. The molecule has 0 amide bonds. The Morgan fingerprint density at radius 2 is 0.700 bits per heavy atom. The first-order valence-corrected chi connectivity index (χ1v) is 22.3. The minimum atomic E-state index is -1.24. The maximum atomic E-state index is 10.7. The van der Waals surface area contributed by atoms with Crippen LogP contribution in [-0.2, 0) is 0 Å². The second kappa shape index (κ2) is 17.4. The van der Waals surface area contributed by atoms with Gasteiger partial charge >= 0.3 is 0 Å². The van der Waals surface area contributed by atoms with Gasteiger partial charge in [0.05, 0.1) is 33.4 Å². The molecule has 0 aliphatic carbocycles. The summed E-state index contributed by atoms with van der Waals surface area (Å²) in [6, 6.07) is 20.9. The Kier molecular flexibility index (Phi) is 13.3. The molecular formula is C44H48N4S2. The second-order valence-corrected chi connectivity index (χ2v) is 20.1. The zero-order valence-electron chi connectivity index (χ0n) is 30.6. The van der Waals surface area contributed by atoms with Gasteiger partial charge in [-0.05, 0) is 141 Å². The van der Waals surface area contributed by atoms with Crippen LogP contribution in [0.25, 0.3) is 32.3 Å². The van der Waals surface area contributed by atoms with E-state index in [4.69, 9.17) is 0 Å². The molecule has 0 aromatic heterocycles. The second-order valence-electron chi connectivity index (χ2n) is 13.1.